The summed E-state index contributed by atoms with van der Waals surface area (Å²) in [5, 5.41) is 0. The van der Waals surface area contributed by atoms with Crippen LogP contribution in [0.3, 0.4) is 0 Å². The number of likely N-dealkylation sites (tertiary alicyclic amines) is 1. The number of piperidine rings is 1. The van der Waals surface area contributed by atoms with Crippen LogP contribution in [0, 0.1) is 12.7 Å². The molecule has 1 atom stereocenters. The van der Waals surface area contributed by atoms with Crippen LogP contribution in [0.2, 0.25) is 0 Å². The van der Waals surface area contributed by atoms with Crippen LogP contribution >= 0.6 is 0 Å². The van der Waals surface area contributed by atoms with Crippen LogP contribution in [0.1, 0.15) is 49.3 Å². The smallest absolute Gasteiger partial charge is 0.123 e. The Morgan fingerprint density at radius 3 is 2.70 bits per heavy atom. The molecular weight excluding hydrogens is 253 g/mol. The lowest BCUT2D eigenvalue weighted by molar-refractivity contribution is 0.00397. The van der Waals surface area contributed by atoms with Gasteiger partial charge in [-0.05, 0) is 62.4 Å². The van der Waals surface area contributed by atoms with E-state index in [9.17, 15) is 4.39 Å². The summed E-state index contributed by atoms with van der Waals surface area (Å²) in [6.45, 7) is 4.98. The van der Waals surface area contributed by atoms with Crippen molar-refractivity contribution in [2.24, 2.45) is 0 Å². The van der Waals surface area contributed by atoms with E-state index in [0.717, 1.165) is 31.6 Å². The summed E-state index contributed by atoms with van der Waals surface area (Å²) < 4.78 is 18.8. The molecule has 0 amide bonds. The first-order valence-electron chi connectivity index (χ1n) is 7.85. The van der Waals surface area contributed by atoms with Crippen molar-refractivity contribution in [2.45, 2.75) is 51.1 Å². The summed E-state index contributed by atoms with van der Waals surface area (Å²) in [7, 11) is 0. The fraction of sp³-hybridized carbons (Fsp3) is 0.647. The van der Waals surface area contributed by atoms with Crippen molar-refractivity contribution in [3.63, 3.8) is 0 Å². The number of hydrogen-bond acceptors (Lipinski definition) is 2. The minimum atomic E-state index is -0.125. The number of halogens is 1. The van der Waals surface area contributed by atoms with Gasteiger partial charge in [0.2, 0.25) is 0 Å². The van der Waals surface area contributed by atoms with Crippen LogP contribution in [-0.2, 0) is 4.74 Å². The van der Waals surface area contributed by atoms with E-state index in [1.54, 1.807) is 12.1 Å². The van der Waals surface area contributed by atoms with Gasteiger partial charge in [0.1, 0.15) is 5.82 Å². The van der Waals surface area contributed by atoms with E-state index in [1.807, 2.05) is 13.0 Å². The molecule has 1 aromatic rings. The molecule has 20 heavy (non-hydrogen) atoms. The molecule has 0 bridgehead atoms. The van der Waals surface area contributed by atoms with Crippen molar-refractivity contribution < 1.29 is 9.13 Å². The van der Waals surface area contributed by atoms with Gasteiger partial charge in [0, 0.05) is 25.3 Å². The van der Waals surface area contributed by atoms with E-state index >= 15 is 0 Å². The molecule has 3 heteroatoms. The number of rotatable bonds is 2. The Balaban J connectivity index is 1.84. The molecule has 2 fully saturated rings. The Hall–Kier alpha value is -0.930. The fourth-order valence-electron chi connectivity index (χ4n) is 3.75. The van der Waals surface area contributed by atoms with Crippen LogP contribution < -0.4 is 0 Å². The number of benzene rings is 1. The van der Waals surface area contributed by atoms with Crippen molar-refractivity contribution in [1.82, 2.24) is 4.90 Å². The monoisotopic (exact) mass is 277 g/mol. The molecule has 0 radical (unpaired) electrons. The molecule has 1 aromatic carbocycles. The minimum Gasteiger partial charge on any atom is -0.381 e. The fourth-order valence-corrected chi connectivity index (χ4v) is 3.75. The van der Waals surface area contributed by atoms with Gasteiger partial charge in [0.05, 0.1) is 0 Å². The summed E-state index contributed by atoms with van der Waals surface area (Å²) in [6, 6.07) is 6.38. The molecule has 0 N–H and O–H groups in total. The van der Waals surface area contributed by atoms with Gasteiger partial charge in [-0.1, -0.05) is 12.5 Å². The molecule has 2 aliphatic rings. The molecular formula is C17H24FNO. The Morgan fingerprint density at radius 1 is 1.15 bits per heavy atom. The quantitative estimate of drug-likeness (QED) is 0.814. The van der Waals surface area contributed by atoms with Crippen LogP contribution in [0.25, 0.3) is 0 Å². The van der Waals surface area contributed by atoms with Crippen molar-refractivity contribution >= 4 is 0 Å². The molecule has 0 saturated carbocycles. The van der Waals surface area contributed by atoms with Gasteiger partial charge in [0.25, 0.3) is 0 Å². The molecule has 2 nitrogen and oxygen atoms in total. The molecule has 2 saturated heterocycles. The molecule has 0 aromatic heterocycles. The van der Waals surface area contributed by atoms with Gasteiger partial charge in [-0.15, -0.1) is 0 Å². The van der Waals surface area contributed by atoms with Crippen LogP contribution in [0.5, 0.6) is 0 Å². The highest BCUT2D eigenvalue weighted by molar-refractivity contribution is 5.30. The molecule has 0 spiro atoms. The predicted octanol–water partition coefficient (Wildman–Crippen LogP) is 3.84. The van der Waals surface area contributed by atoms with Crippen molar-refractivity contribution in [3.05, 3.63) is 35.1 Å². The zero-order valence-electron chi connectivity index (χ0n) is 12.3. The van der Waals surface area contributed by atoms with E-state index in [2.05, 4.69) is 4.90 Å². The Labute approximate surface area is 120 Å². The van der Waals surface area contributed by atoms with E-state index < -0.39 is 0 Å². The summed E-state index contributed by atoms with van der Waals surface area (Å²) in [6.07, 6.45) is 6.03. The van der Waals surface area contributed by atoms with Crippen molar-refractivity contribution in [2.75, 3.05) is 19.8 Å². The Morgan fingerprint density at radius 2 is 1.95 bits per heavy atom. The molecule has 0 aliphatic carbocycles. The summed E-state index contributed by atoms with van der Waals surface area (Å²) in [5.41, 5.74) is 2.41. The van der Waals surface area contributed by atoms with Gasteiger partial charge >= 0.3 is 0 Å². The predicted molar refractivity (Wildman–Crippen MR) is 78.3 cm³/mol. The first kappa shape index (κ1) is 14.0. The second kappa shape index (κ2) is 6.23. The average Bonchev–Trinajstić information content (AvgIpc) is 2.48. The molecule has 3 rings (SSSR count). The lowest BCUT2D eigenvalue weighted by Crippen LogP contribution is -2.44. The number of hydrogen-bond donors (Lipinski definition) is 0. The van der Waals surface area contributed by atoms with Crippen molar-refractivity contribution in [3.8, 4) is 0 Å². The van der Waals surface area contributed by atoms with E-state index in [4.69, 9.17) is 4.74 Å². The highest BCUT2D eigenvalue weighted by atomic mass is 19.1. The standard InChI is InChI=1S/C17H24FNO/c1-13-12-14(18)5-6-16(13)17-4-2-3-9-19(17)15-7-10-20-11-8-15/h5-6,12,15,17H,2-4,7-11H2,1H3. The highest BCUT2D eigenvalue weighted by Crippen LogP contribution is 2.36. The molecule has 2 heterocycles. The van der Waals surface area contributed by atoms with Crippen LogP contribution in [0.15, 0.2) is 18.2 Å². The van der Waals surface area contributed by atoms with Gasteiger partial charge < -0.3 is 4.74 Å². The lowest BCUT2D eigenvalue weighted by atomic mass is 9.89. The molecule has 110 valence electrons. The number of nitrogens with zero attached hydrogens (tertiary/aromatic N) is 1. The third kappa shape index (κ3) is 2.89. The zero-order valence-corrected chi connectivity index (χ0v) is 12.3. The largest absolute Gasteiger partial charge is 0.381 e. The maximum atomic E-state index is 13.3. The van der Waals surface area contributed by atoms with Gasteiger partial charge in [0.15, 0.2) is 0 Å². The topological polar surface area (TPSA) is 12.5 Å². The highest BCUT2D eigenvalue weighted by Gasteiger charge is 2.31. The average molecular weight is 277 g/mol. The van der Waals surface area contributed by atoms with Gasteiger partial charge in [-0.2, -0.15) is 0 Å². The maximum absolute atomic E-state index is 13.3. The lowest BCUT2D eigenvalue weighted by Gasteiger charge is -2.43. The Bertz CT molecular complexity index is 456. The van der Waals surface area contributed by atoms with E-state index in [-0.39, 0.29) is 5.82 Å². The van der Waals surface area contributed by atoms with Gasteiger partial charge in [-0.25, -0.2) is 4.39 Å². The van der Waals surface area contributed by atoms with Gasteiger partial charge in [-0.3, -0.25) is 4.90 Å². The SMILES string of the molecule is Cc1cc(F)ccc1C1CCCCN1C1CCOCC1. The first-order valence-corrected chi connectivity index (χ1v) is 7.85. The van der Waals surface area contributed by atoms with Crippen LogP contribution in [0.4, 0.5) is 4.39 Å². The third-order valence-electron chi connectivity index (χ3n) is 4.79. The van der Waals surface area contributed by atoms with E-state index in [0.29, 0.717) is 12.1 Å². The van der Waals surface area contributed by atoms with Crippen molar-refractivity contribution in [1.29, 1.82) is 0 Å². The first-order chi connectivity index (χ1) is 9.75. The third-order valence-corrected chi connectivity index (χ3v) is 4.79. The Kier molecular flexibility index (Phi) is 4.37. The molecule has 1 unspecified atom stereocenters. The number of ether oxygens (including phenoxy) is 1. The summed E-state index contributed by atoms with van der Waals surface area (Å²) in [4.78, 5) is 2.66. The zero-order chi connectivity index (χ0) is 13.9. The second-order valence-corrected chi connectivity index (χ2v) is 6.09. The molecule has 2 aliphatic heterocycles. The minimum absolute atomic E-state index is 0.125. The van der Waals surface area contributed by atoms with Crippen LogP contribution in [-0.4, -0.2) is 30.7 Å². The second-order valence-electron chi connectivity index (χ2n) is 6.09. The normalized spacial score (nSPS) is 25.8. The number of aryl methyl sites for hydroxylation is 1. The summed E-state index contributed by atoms with van der Waals surface area (Å²) in [5.74, 6) is -0.125. The van der Waals surface area contributed by atoms with E-state index in [1.165, 1.54) is 31.4 Å². The maximum Gasteiger partial charge on any atom is 0.123 e. The summed E-state index contributed by atoms with van der Waals surface area (Å²) >= 11 is 0.